The topological polar surface area (TPSA) is 75.6 Å². The van der Waals surface area contributed by atoms with Crippen LogP contribution in [0.15, 0.2) is 42.5 Å². The fourth-order valence-corrected chi connectivity index (χ4v) is 2.53. The molecular weight excluding hydrogens is 342 g/mol. The highest BCUT2D eigenvalue weighted by Gasteiger charge is 2.14. The van der Waals surface area contributed by atoms with Crippen LogP contribution < -0.4 is 10.1 Å². The van der Waals surface area contributed by atoms with Crippen LogP contribution in [0.5, 0.6) is 11.5 Å². The van der Waals surface area contributed by atoms with Gasteiger partial charge in [-0.1, -0.05) is 23.7 Å². The molecule has 0 saturated carbocycles. The van der Waals surface area contributed by atoms with Gasteiger partial charge >= 0.3 is 0 Å². The van der Waals surface area contributed by atoms with Gasteiger partial charge in [-0.15, -0.1) is 0 Å². The fourth-order valence-electron chi connectivity index (χ4n) is 2.36. The van der Waals surface area contributed by atoms with E-state index in [-0.39, 0.29) is 30.3 Å². The van der Waals surface area contributed by atoms with Crippen molar-refractivity contribution in [3.05, 3.63) is 58.6 Å². The Balaban J connectivity index is 1.78. The third-order valence-corrected chi connectivity index (χ3v) is 3.95. The zero-order valence-corrected chi connectivity index (χ0v) is 14.7. The number of aromatic hydroxyl groups is 1. The Bertz CT molecular complexity index is 744. The number of phenolic OH excluding ortho intramolecular Hbond substituents is 1. The minimum Gasteiger partial charge on any atom is -0.508 e. The quantitative estimate of drug-likeness (QED) is 0.707. The van der Waals surface area contributed by atoms with Gasteiger partial charge in [0.25, 0.3) is 0 Å². The van der Waals surface area contributed by atoms with Crippen molar-refractivity contribution >= 4 is 23.3 Å². The molecule has 2 aromatic rings. The first-order valence-electron chi connectivity index (χ1n) is 7.91. The lowest BCUT2D eigenvalue weighted by atomic mass is 10.1. The molecule has 0 radical (unpaired) electrons. The van der Waals surface area contributed by atoms with Crippen molar-refractivity contribution in [1.82, 2.24) is 5.32 Å². The molecule has 2 N–H and O–H groups in total. The zero-order chi connectivity index (χ0) is 18.2. The Labute approximate surface area is 151 Å². The molecule has 0 aliphatic rings. The summed E-state index contributed by atoms with van der Waals surface area (Å²) in [5.74, 6) is 0.283. The second-order valence-electron chi connectivity index (χ2n) is 5.53. The first-order chi connectivity index (χ1) is 12.0. The number of benzene rings is 2. The molecule has 0 atom stereocenters. The summed E-state index contributed by atoms with van der Waals surface area (Å²) in [6.45, 7) is 0.471. The van der Waals surface area contributed by atoms with Crippen molar-refractivity contribution in [2.75, 3.05) is 13.7 Å². The molecule has 25 heavy (non-hydrogen) atoms. The molecule has 0 saturated heterocycles. The summed E-state index contributed by atoms with van der Waals surface area (Å²) in [5, 5.41) is 12.5. The summed E-state index contributed by atoms with van der Waals surface area (Å²) in [5.41, 5.74) is 1.39. The molecule has 0 bridgehead atoms. The van der Waals surface area contributed by atoms with Gasteiger partial charge in [0.2, 0.25) is 5.91 Å². The Hall–Kier alpha value is -2.53. The Morgan fingerprint density at radius 3 is 2.52 bits per heavy atom. The van der Waals surface area contributed by atoms with Gasteiger partial charge < -0.3 is 15.2 Å². The molecule has 5 nitrogen and oxygen atoms in total. The second kappa shape index (κ2) is 9.08. The van der Waals surface area contributed by atoms with E-state index in [1.807, 2.05) is 0 Å². The molecule has 2 aromatic carbocycles. The molecule has 0 heterocycles. The fraction of sp³-hybridized carbons (Fsp3) is 0.263. The number of Topliss-reactive ketones (excluding diaryl/α,β-unsaturated/α-hetero) is 1. The van der Waals surface area contributed by atoms with Gasteiger partial charge in [-0.2, -0.15) is 0 Å². The number of phenols is 1. The van der Waals surface area contributed by atoms with Crippen molar-refractivity contribution in [3.8, 4) is 11.5 Å². The van der Waals surface area contributed by atoms with Crippen LogP contribution in [-0.4, -0.2) is 30.5 Å². The summed E-state index contributed by atoms with van der Waals surface area (Å²) in [6, 6.07) is 11.6. The smallest absolute Gasteiger partial charge is 0.220 e. The number of hydrogen-bond donors (Lipinski definition) is 2. The standard InChI is InChI=1S/C19H20ClNO4/c1-25-18-8-4-14(20)12-16(18)17(23)7-9-19(24)21-11-10-13-2-5-15(22)6-3-13/h2-6,8,12,22H,7,9-11H2,1H3,(H,21,24). The van der Waals surface area contributed by atoms with Crippen LogP contribution in [0.3, 0.4) is 0 Å². The predicted octanol–water partition coefficient (Wildman–Crippen LogP) is 3.38. The average molecular weight is 362 g/mol. The van der Waals surface area contributed by atoms with Crippen molar-refractivity contribution in [3.63, 3.8) is 0 Å². The monoisotopic (exact) mass is 361 g/mol. The van der Waals surface area contributed by atoms with Gasteiger partial charge in [0.15, 0.2) is 5.78 Å². The van der Waals surface area contributed by atoms with Crippen LogP contribution in [0.2, 0.25) is 5.02 Å². The minimum absolute atomic E-state index is 0.0851. The molecule has 0 spiro atoms. The van der Waals surface area contributed by atoms with Gasteiger partial charge in [-0.25, -0.2) is 0 Å². The lowest BCUT2D eigenvalue weighted by molar-refractivity contribution is -0.121. The zero-order valence-electron chi connectivity index (χ0n) is 13.9. The van der Waals surface area contributed by atoms with Crippen molar-refractivity contribution < 1.29 is 19.4 Å². The molecule has 132 valence electrons. The maximum absolute atomic E-state index is 12.3. The Morgan fingerprint density at radius 1 is 1.12 bits per heavy atom. The molecular formula is C19H20ClNO4. The number of amides is 1. The van der Waals surface area contributed by atoms with Crippen molar-refractivity contribution in [1.29, 1.82) is 0 Å². The number of carbonyl (C=O) groups is 2. The molecule has 1 amide bonds. The molecule has 0 aliphatic carbocycles. The second-order valence-corrected chi connectivity index (χ2v) is 5.97. The van der Waals surface area contributed by atoms with Crippen LogP contribution >= 0.6 is 11.6 Å². The maximum atomic E-state index is 12.3. The molecule has 0 unspecified atom stereocenters. The van der Waals surface area contributed by atoms with E-state index in [4.69, 9.17) is 16.3 Å². The number of rotatable bonds is 8. The lowest BCUT2D eigenvalue weighted by Gasteiger charge is -2.08. The third kappa shape index (κ3) is 5.80. The van der Waals surface area contributed by atoms with E-state index >= 15 is 0 Å². The van der Waals surface area contributed by atoms with Gasteiger partial charge in [-0.3, -0.25) is 9.59 Å². The number of ether oxygens (including phenoxy) is 1. The van der Waals surface area contributed by atoms with Crippen LogP contribution in [-0.2, 0) is 11.2 Å². The van der Waals surface area contributed by atoms with E-state index in [0.29, 0.717) is 29.3 Å². The third-order valence-electron chi connectivity index (χ3n) is 3.71. The molecule has 0 fully saturated rings. The summed E-state index contributed by atoms with van der Waals surface area (Å²) in [7, 11) is 1.48. The first-order valence-corrected chi connectivity index (χ1v) is 8.28. The highest BCUT2D eigenvalue weighted by molar-refractivity contribution is 6.31. The highest BCUT2D eigenvalue weighted by Crippen LogP contribution is 2.24. The van der Waals surface area contributed by atoms with E-state index in [1.54, 1.807) is 42.5 Å². The Morgan fingerprint density at radius 2 is 1.84 bits per heavy atom. The average Bonchev–Trinajstić information content (AvgIpc) is 2.61. The van der Waals surface area contributed by atoms with Gasteiger partial charge in [0.1, 0.15) is 11.5 Å². The van der Waals surface area contributed by atoms with Crippen molar-refractivity contribution in [2.24, 2.45) is 0 Å². The number of hydrogen-bond acceptors (Lipinski definition) is 4. The Kier molecular flexibility index (Phi) is 6.83. The summed E-state index contributed by atoms with van der Waals surface area (Å²) in [6.07, 6.45) is 0.841. The van der Waals surface area contributed by atoms with Crippen LogP contribution in [0.25, 0.3) is 0 Å². The summed E-state index contributed by atoms with van der Waals surface area (Å²) >= 11 is 5.91. The number of methoxy groups -OCH3 is 1. The summed E-state index contributed by atoms with van der Waals surface area (Å²) < 4.78 is 5.15. The SMILES string of the molecule is COc1ccc(Cl)cc1C(=O)CCC(=O)NCCc1ccc(O)cc1. The van der Waals surface area contributed by atoms with E-state index < -0.39 is 0 Å². The maximum Gasteiger partial charge on any atom is 0.220 e. The summed E-state index contributed by atoms with van der Waals surface area (Å²) in [4.78, 5) is 24.1. The number of halogens is 1. The molecule has 2 rings (SSSR count). The minimum atomic E-state index is -0.187. The largest absolute Gasteiger partial charge is 0.508 e. The molecule has 0 aliphatic heterocycles. The van der Waals surface area contributed by atoms with E-state index in [2.05, 4.69) is 5.32 Å². The lowest BCUT2D eigenvalue weighted by Crippen LogP contribution is -2.26. The molecule has 6 heteroatoms. The van der Waals surface area contributed by atoms with Crippen LogP contribution in [0.1, 0.15) is 28.8 Å². The normalized spacial score (nSPS) is 10.3. The van der Waals surface area contributed by atoms with Gasteiger partial charge in [-0.05, 0) is 42.3 Å². The first kappa shape index (κ1) is 18.8. The van der Waals surface area contributed by atoms with E-state index in [0.717, 1.165) is 5.56 Å². The predicted molar refractivity (Wildman–Crippen MR) is 96.4 cm³/mol. The highest BCUT2D eigenvalue weighted by atomic mass is 35.5. The van der Waals surface area contributed by atoms with Crippen molar-refractivity contribution in [2.45, 2.75) is 19.3 Å². The van der Waals surface area contributed by atoms with Crippen LogP contribution in [0, 0.1) is 0 Å². The number of carbonyl (C=O) groups excluding carboxylic acids is 2. The van der Waals surface area contributed by atoms with E-state index in [9.17, 15) is 14.7 Å². The molecule has 0 aromatic heterocycles. The van der Waals surface area contributed by atoms with Gasteiger partial charge in [0.05, 0.1) is 12.7 Å². The van der Waals surface area contributed by atoms with Gasteiger partial charge in [0, 0.05) is 24.4 Å². The van der Waals surface area contributed by atoms with E-state index in [1.165, 1.54) is 7.11 Å². The number of ketones is 1. The van der Waals surface area contributed by atoms with Crippen LogP contribution in [0.4, 0.5) is 0 Å². The number of nitrogens with one attached hydrogen (secondary N) is 1.